The van der Waals surface area contributed by atoms with Crippen LogP contribution in [0.2, 0.25) is 0 Å². The van der Waals surface area contributed by atoms with Gasteiger partial charge in [0.05, 0.1) is 28.9 Å². The van der Waals surface area contributed by atoms with Gasteiger partial charge in [-0.25, -0.2) is 4.79 Å². The van der Waals surface area contributed by atoms with E-state index in [0.29, 0.717) is 12.4 Å². The van der Waals surface area contributed by atoms with Crippen LogP contribution in [0.25, 0.3) is 28.1 Å². The number of para-hydroxylation sites is 1. The van der Waals surface area contributed by atoms with Crippen LogP contribution in [-0.2, 0) is 11.3 Å². The van der Waals surface area contributed by atoms with Crippen molar-refractivity contribution in [2.75, 3.05) is 0 Å². The van der Waals surface area contributed by atoms with E-state index in [0.717, 1.165) is 52.9 Å². The van der Waals surface area contributed by atoms with E-state index in [-0.39, 0.29) is 10.7 Å². The number of nitrogens with one attached hydrogen (secondary N) is 1. The number of benzene rings is 2. The van der Waals surface area contributed by atoms with Gasteiger partial charge in [-0.3, -0.25) is 4.99 Å². The van der Waals surface area contributed by atoms with E-state index in [1.54, 1.807) is 13.8 Å². The molecule has 0 atom stereocenters. The molecule has 5 rings (SSSR count). The average Bonchev–Trinajstić information content (AvgIpc) is 3.52. The van der Waals surface area contributed by atoms with Crippen LogP contribution in [0.5, 0.6) is 0 Å². The maximum Gasteiger partial charge on any atom is 0.337 e. The highest BCUT2D eigenvalue weighted by Crippen LogP contribution is 2.36. The summed E-state index contributed by atoms with van der Waals surface area (Å²) in [7, 11) is 0. The van der Waals surface area contributed by atoms with Gasteiger partial charge in [0.2, 0.25) is 5.82 Å². The van der Waals surface area contributed by atoms with E-state index in [1.807, 2.05) is 53.4 Å². The van der Waals surface area contributed by atoms with Crippen LogP contribution in [0.15, 0.2) is 70.3 Å². The number of halogens is 1. The van der Waals surface area contributed by atoms with Crippen molar-refractivity contribution in [3.05, 3.63) is 70.9 Å². The molecule has 9 nitrogen and oxygen atoms in total. The Balaban J connectivity index is 1.51. The quantitative estimate of drug-likeness (QED) is 0.297. The number of carboxylic acid groups (broad SMARTS) is 1. The number of aromatic nitrogens is 5. The maximum absolute atomic E-state index is 12.1. The number of nitrogens with zero attached hydrogens (tertiary/aromatic N) is 6. The first-order valence-electron chi connectivity index (χ1n) is 12.2. The van der Waals surface area contributed by atoms with Crippen molar-refractivity contribution in [2.24, 2.45) is 4.99 Å². The first-order valence-corrected chi connectivity index (χ1v) is 12.6. The molecule has 37 heavy (non-hydrogen) atoms. The lowest BCUT2D eigenvalue weighted by Gasteiger charge is -2.36. The molecule has 2 N–H and O–H groups in total. The molecular formula is C27H28ClN7O2. The lowest BCUT2D eigenvalue weighted by Crippen LogP contribution is -2.41. The molecule has 2 aromatic heterocycles. The predicted molar refractivity (Wildman–Crippen MR) is 144 cm³/mol. The molecule has 1 aliphatic rings. The molecule has 10 heteroatoms. The topological polar surface area (TPSA) is 112 Å². The fraction of sp³-hybridized carbons (Fsp3) is 0.296. The Hall–Kier alpha value is -3.98. The zero-order valence-corrected chi connectivity index (χ0v) is 21.7. The van der Waals surface area contributed by atoms with Gasteiger partial charge in [-0.2, -0.15) is 5.21 Å². The minimum atomic E-state index is -1.05. The van der Waals surface area contributed by atoms with Gasteiger partial charge in [0.25, 0.3) is 0 Å². The summed E-state index contributed by atoms with van der Waals surface area (Å²) in [5.74, 6) is 0.259. The van der Waals surface area contributed by atoms with Gasteiger partial charge in [-0.15, -0.1) is 10.2 Å². The number of hydrogen-bond donors (Lipinski definition) is 2. The molecular weight excluding hydrogens is 490 g/mol. The minimum absolute atomic E-state index is 0.106. The van der Waals surface area contributed by atoms with Crippen LogP contribution in [0.4, 0.5) is 0 Å². The number of fused-ring (bicyclic) bond motifs is 1. The average molecular weight is 518 g/mol. The van der Waals surface area contributed by atoms with Crippen LogP contribution in [0.3, 0.4) is 0 Å². The molecule has 0 bridgehead atoms. The predicted octanol–water partition coefficient (Wildman–Crippen LogP) is 5.53. The van der Waals surface area contributed by atoms with Crippen LogP contribution in [0.1, 0.15) is 45.6 Å². The van der Waals surface area contributed by atoms with E-state index >= 15 is 0 Å². The molecule has 0 aliphatic carbocycles. The highest BCUT2D eigenvalue weighted by atomic mass is 35.5. The van der Waals surface area contributed by atoms with Crippen molar-refractivity contribution in [1.29, 1.82) is 0 Å². The molecule has 0 radical (unpaired) electrons. The number of tetrazole rings is 1. The van der Waals surface area contributed by atoms with E-state index in [4.69, 9.17) is 16.6 Å². The molecule has 0 spiro atoms. The molecule has 0 saturated carbocycles. The molecule has 0 saturated heterocycles. The number of H-pyrrole nitrogens is 1. The zero-order chi connectivity index (χ0) is 26.2. The van der Waals surface area contributed by atoms with Gasteiger partial charge in [0, 0.05) is 17.5 Å². The van der Waals surface area contributed by atoms with Crippen molar-refractivity contribution in [1.82, 2.24) is 30.1 Å². The molecule has 0 fully saturated rings. The van der Waals surface area contributed by atoms with E-state index in [2.05, 4.69) is 38.2 Å². The van der Waals surface area contributed by atoms with Crippen molar-refractivity contribution < 1.29 is 9.90 Å². The first-order chi connectivity index (χ1) is 17.8. The Bertz CT molecular complexity index is 1500. The van der Waals surface area contributed by atoms with Crippen molar-refractivity contribution in [3.8, 4) is 17.2 Å². The van der Waals surface area contributed by atoms with Crippen LogP contribution < -0.4 is 0 Å². The second-order valence-electron chi connectivity index (χ2n) is 9.57. The minimum Gasteiger partial charge on any atom is -0.478 e. The number of aliphatic carboxylic acids is 1. The van der Waals surface area contributed by atoms with Gasteiger partial charge >= 0.3 is 5.97 Å². The Kier molecular flexibility index (Phi) is 6.55. The summed E-state index contributed by atoms with van der Waals surface area (Å²) in [6, 6.07) is 18.2. The number of aliphatic imine (C=N–C) groups is 1. The van der Waals surface area contributed by atoms with E-state index in [1.165, 1.54) is 0 Å². The molecule has 190 valence electrons. The highest BCUT2D eigenvalue weighted by Gasteiger charge is 2.38. The van der Waals surface area contributed by atoms with Crippen molar-refractivity contribution in [2.45, 2.75) is 52.1 Å². The number of aromatic amines is 1. The second kappa shape index (κ2) is 9.82. The summed E-state index contributed by atoms with van der Waals surface area (Å²) in [6.45, 7) is 6.11. The fourth-order valence-corrected chi connectivity index (χ4v) is 5.25. The molecule has 4 aromatic rings. The van der Waals surface area contributed by atoms with Gasteiger partial charge in [0.1, 0.15) is 11.0 Å². The Morgan fingerprint density at radius 3 is 2.57 bits per heavy atom. The lowest BCUT2D eigenvalue weighted by molar-refractivity contribution is -0.133. The van der Waals surface area contributed by atoms with Crippen molar-refractivity contribution >= 4 is 34.3 Å². The number of carbonyl (C=O) groups is 1. The van der Waals surface area contributed by atoms with Crippen LogP contribution in [-0.4, -0.2) is 52.5 Å². The third-order valence-corrected chi connectivity index (χ3v) is 6.96. The lowest BCUT2D eigenvalue weighted by atomic mass is 9.93. The summed E-state index contributed by atoms with van der Waals surface area (Å²) in [6.07, 6.45) is 2.67. The standard InChI is InChI=1S/C27H28ClN7O2/c1-4-5-10-22-29-27(2,3)23(26(36)37)24(28)34(22)16-17-11-13-19(14-12-17)35-20-9-7-6-8-18(20)15-21(35)25-30-32-33-31-25/h6-9,11-15H,4-5,10,16H2,1-3H3,(H,36,37)(H,30,31,32,33). The number of unbranched alkanes of at least 4 members (excludes halogenated alkanes) is 1. The van der Waals surface area contributed by atoms with Gasteiger partial charge < -0.3 is 14.6 Å². The Labute approximate surface area is 219 Å². The molecule has 0 amide bonds. The summed E-state index contributed by atoms with van der Waals surface area (Å²) in [5, 5.41) is 25.8. The van der Waals surface area contributed by atoms with Gasteiger partial charge in [-0.05, 0) is 55.3 Å². The molecule has 2 aromatic carbocycles. The number of rotatable bonds is 8. The Morgan fingerprint density at radius 1 is 1.14 bits per heavy atom. The molecule has 0 unspecified atom stereocenters. The third-order valence-electron chi connectivity index (χ3n) is 6.56. The number of carboxylic acids is 1. The number of amidine groups is 1. The van der Waals surface area contributed by atoms with E-state index in [9.17, 15) is 9.90 Å². The monoisotopic (exact) mass is 517 g/mol. The summed E-state index contributed by atoms with van der Waals surface area (Å²) < 4.78 is 2.09. The highest BCUT2D eigenvalue weighted by molar-refractivity contribution is 6.33. The smallest absolute Gasteiger partial charge is 0.337 e. The van der Waals surface area contributed by atoms with E-state index < -0.39 is 11.5 Å². The SMILES string of the molecule is CCCCC1=NC(C)(C)C(C(=O)O)=C(Cl)N1Cc1ccc(-n2c(-c3nn[nH]n3)cc3ccccc32)cc1. The number of hydrogen-bond acceptors (Lipinski definition) is 6. The Morgan fingerprint density at radius 2 is 1.89 bits per heavy atom. The summed E-state index contributed by atoms with van der Waals surface area (Å²) in [5.41, 5.74) is 2.99. The maximum atomic E-state index is 12.1. The van der Waals surface area contributed by atoms with Gasteiger partial charge in [0.15, 0.2) is 0 Å². The van der Waals surface area contributed by atoms with Crippen LogP contribution in [0, 0.1) is 0 Å². The molecule has 3 heterocycles. The van der Waals surface area contributed by atoms with Gasteiger partial charge in [-0.1, -0.05) is 55.3 Å². The first kappa shape index (κ1) is 24.7. The normalized spacial score (nSPS) is 15.4. The van der Waals surface area contributed by atoms with Crippen molar-refractivity contribution in [3.63, 3.8) is 0 Å². The fourth-order valence-electron chi connectivity index (χ4n) is 4.78. The second-order valence-corrected chi connectivity index (χ2v) is 9.93. The summed E-state index contributed by atoms with van der Waals surface area (Å²) in [4.78, 5) is 18.7. The largest absolute Gasteiger partial charge is 0.478 e. The third kappa shape index (κ3) is 4.62. The van der Waals surface area contributed by atoms with Crippen LogP contribution >= 0.6 is 11.6 Å². The summed E-state index contributed by atoms with van der Waals surface area (Å²) >= 11 is 6.72. The molecule has 1 aliphatic heterocycles. The zero-order valence-electron chi connectivity index (χ0n) is 20.9.